The van der Waals surface area contributed by atoms with E-state index in [4.69, 9.17) is 0 Å². The van der Waals surface area contributed by atoms with Gasteiger partial charge in [0.05, 0.1) is 6.54 Å². The third kappa shape index (κ3) is 5.54. The lowest BCUT2D eigenvalue weighted by molar-refractivity contribution is -0.122. The molecule has 0 aromatic carbocycles. The molecule has 0 bridgehead atoms. The lowest BCUT2D eigenvalue weighted by atomic mass is 10.3. The zero-order valence-corrected chi connectivity index (χ0v) is 9.30. The van der Waals surface area contributed by atoms with Gasteiger partial charge in [0.2, 0.25) is 5.91 Å². The molecule has 0 aromatic heterocycles. The van der Waals surface area contributed by atoms with Gasteiger partial charge < -0.3 is 10.6 Å². The fraction of sp³-hybridized carbons (Fsp3) is 0.727. The highest BCUT2D eigenvalue weighted by atomic mass is 16.2. The van der Waals surface area contributed by atoms with Crippen molar-refractivity contribution in [2.75, 3.05) is 39.3 Å². The molecule has 1 saturated heterocycles. The highest BCUT2D eigenvalue weighted by molar-refractivity contribution is 5.77. The molecule has 0 radical (unpaired) electrons. The average molecular weight is 211 g/mol. The summed E-state index contributed by atoms with van der Waals surface area (Å²) in [5.41, 5.74) is 0. The third-order valence-electron chi connectivity index (χ3n) is 2.47. The predicted octanol–water partition coefficient (Wildman–Crippen LogP) is -0.0260. The first kappa shape index (κ1) is 12.2. The van der Waals surface area contributed by atoms with Gasteiger partial charge in [-0.05, 0) is 25.9 Å². The van der Waals surface area contributed by atoms with E-state index in [-0.39, 0.29) is 5.91 Å². The quantitative estimate of drug-likeness (QED) is 0.496. The van der Waals surface area contributed by atoms with E-state index in [0.717, 1.165) is 39.0 Å². The number of nitrogens with one attached hydrogen (secondary N) is 2. The van der Waals surface area contributed by atoms with Crippen LogP contribution in [0.3, 0.4) is 0 Å². The van der Waals surface area contributed by atoms with Crippen molar-refractivity contribution >= 4 is 5.91 Å². The summed E-state index contributed by atoms with van der Waals surface area (Å²) in [6.45, 7) is 8.88. The molecule has 1 heterocycles. The summed E-state index contributed by atoms with van der Waals surface area (Å²) in [5, 5.41) is 6.20. The van der Waals surface area contributed by atoms with E-state index in [1.165, 1.54) is 0 Å². The average Bonchev–Trinajstić information content (AvgIpc) is 2.47. The lowest BCUT2D eigenvalue weighted by Crippen LogP contribution is -2.39. The molecule has 1 fully saturated rings. The highest BCUT2D eigenvalue weighted by Crippen LogP contribution is 1.94. The normalized spacial score (nSPS) is 18.1. The van der Waals surface area contributed by atoms with Gasteiger partial charge in [0, 0.05) is 19.6 Å². The molecule has 0 aromatic rings. The van der Waals surface area contributed by atoms with Crippen LogP contribution in [0.5, 0.6) is 0 Å². The Morgan fingerprint density at radius 3 is 3.13 bits per heavy atom. The molecule has 1 rings (SSSR count). The van der Waals surface area contributed by atoms with E-state index >= 15 is 0 Å². The van der Waals surface area contributed by atoms with Crippen molar-refractivity contribution in [1.82, 2.24) is 15.5 Å². The standard InChI is InChI=1S/C11H21N3O/c1-2-3-6-13-11(15)10-14-8-4-5-12-7-9-14/h2,12H,1,3-10H2,(H,13,15). The highest BCUT2D eigenvalue weighted by Gasteiger charge is 2.11. The molecule has 1 amide bonds. The molecule has 1 aliphatic rings. The van der Waals surface area contributed by atoms with Crippen LogP contribution in [0.1, 0.15) is 12.8 Å². The van der Waals surface area contributed by atoms with Crippen molar-refractivity contribution in [3.63, 3.8) is 0 Å². The first-order valence-corrected chi connectivity index (χ1v) is 5.63. The molecular formula is C11H21N3O. The van der Waals surface area contributed by atoms with Crippen LogP contribution in [-0.2, 0) is 4.79 Å². The first-order valence-electron chi connectivity index (χ1n) is 5.63. The van der Waals surface area contributed by atoms with Crippen molar-refractivity contribution < 1.29 is 4.79 Å². The maximum atomic E-state index is 11.5. The van der Waals surface area contributed by atoms with Crippen molar-refractivity contribution in [1.29, 1.82) is 0 Å². The van der Waals surface area contributed by atoms with E-state index in [1.54, 1.807) is 0 Å². The van der Waals surface area contributed by atoms with E-state index in [0.29, 0.717) is 13.1 Å². The van der Waals surface area contributed by atoms with E-state index in [2.05, 4.69) is 22.1 Å². The second kappa shape index (κ2) is 7.43. The molecule has 0 spiro atoms. The number of carbonyl (C=O) groups is 1. The van der Waals surface area contributed by atoms with Crippen LogP contribution in [0.4, 0.5) is 0 Å². The summed E-state index contributed by atoms with van der Waals surface area (Å²) in [5.74, 6) is 0.124. The van der Waals surface area contributed by atoms with Crippen LogP contribution < -0.4 is 10.6 Å². The smallest absolute Gasteiger partial charge is 0.234 e. The molecule has 4 heteroatoms. The fourth-order valence-electron chi connectivity index (χ4n) is 1.63. The van der Waals surface area contributed by atoms with Crippen LogP contribution >= 0.6 is 0 Å². The summed E-state index contributed by atoms with van der Waals surface area (Å²) < 4.78 is 0. The summed E-state index contributed by atoms with van der Waals surface area (Å²) in [4.78, 5) is 13.7. The Bertz CT molecular complexity index is 198. The van der Waals surface area contributed by atoms with Crippen LogP contribution in [-0.4, -0.2) is 50.1 Å². The Balaban J connectivity index is 2.14. The predicted molar refractivity (Wildman–Crippen MR) is 61.8 cm³/mol. The Hall–Kier alpha value is -0.870. The van der Waals surface area contributed by atoms with E-state index < -0.39 is 0 Å². The van der Waals surface area contributed by atoms with Gasteiger partial charge in [-0.1, -0.05) is 6.08 Å². The van der Waals surface area contributed by atoms with E-state index in [1.807, 2.05) is 6.08 Å². The maximum Gasteiger partial charge on any atom is 0.234 e. The topological polar surface area (TPSA) is 44.4 Å². The monoisotopic (exact) mass is 211 g/mol. The van der Waals surface area contributed by atoms with Gasteiger partial charge in [0.15, 0.2) is 0 Å². The van der Waals surface area contributed by atoms with Crippen LogP contribution in [0.25, 0.3) is 0 Å². The second-order valence-corrected chi connectivity index (χ2v) is 3.81. The summed E-state index contributed by atoms with van der Waals surface area (Å²) in [7, 11) is 0. The third-order valence-corrected chi connectivity index (χ3v) is 2.47. The largest absolute Gasteiger partial charge is 0.355 e. The Morgan fingerprint density at radius 2 is 2.33 bits per heavy atom. The molecule has 1 aliphatic heterocycles. The molecule has 86 valence electrons. The zero-order chi connectivity index (χ0) is 10.9. The Labute approximate surface area is 91.7 Å². The van der Waals surface area contributed by atoms with Gasteiger partial charge >= 0.3 is 0 Å². The Morgan fingerprint density at radius 1 is 1.47 bits per heavy atom. The number of nitrogens with zero attached hydrogens (tertiary/aromatic N) is 1. The zero-order valence-electron chi connectivity index (χ0n) is 9.30. The van der Waals surface area contributed by atoms with Crippen molar-refractivity contribution in [3.8, 4) is 0 Å². The molecule has 0 saturated carbocycles. The van der Waals surface area contributed by atoms with Crippen molar-refractivity contribution in [2.24, 2.45) is 0 Å². The van der Waals surface area contributed by atoms with Gasteiger partial charge in [-0.25, -0.2) is 0 Å². The lowest BCUT2D eigenvalue weighted by Gasteiger charge is -2.18. The molecule has 0 atom stereocenters. The molecular weight excluding hydrogens is 190 g/mol. The number of carbonyl (C=O) groups excluding carboxylic acids is 1. The number of hydrogen-bond donors (Lipinski definition) is 2. The molecule has 2 N–H and O–H groups in total. The second-order valence-electron chi connectivity index (χ2n) is 3.81. The van der Waals surface area contributed by atoms with Crippen molar-refractivity contribution in [2.45, 2.75) is 12.8 Å². The van der Waals surface area contributed by atoms with Gasteiger partial charge in [-0.2, -0.15) is 0 Å². The Kier molecular flexibility index (Phi) is 6.04. The van der Waals surface area contributed by atoms with E-state index in [9.17, 15) is 4.79 Å². The molecule has 15 heavy (non-hydrogen) atoms. The molecule has 0 aliphatic carbocycles. The minimum Gasteiger partial charge on any atom is -0.355 e. The number of amides is 1. The SMILES string of the molecule is C=CCCNC(=O)CN1CCCNCC1. The number of hydrogen-bond acceptors (Lipinski definition) is 3. The van der Waals surface area contributed by atoms with Crippen LogP contribution in [0, 0.1) is 0 Å². The molecule has 4 nitrogen and oxygen atoms in total. The van der Waals surface area contributed by atoms with Gasteiger partial charge in [0.1, 0.15) is 0 Å². The summed E-state index contributed by atoms with van der Waals surface area (Å²) in [6.07, 6.45) is 3.78. The first-order chi connectivity index (χ1) is 7.33. The minimum atomic E-state index is 0.124. The van der Waals surface area contributed by atoms with Crippen molar-refractivity contribution in [3.05, 3.63) is 12.7 Å². The van der Waals surface area contributed by atoms with Gasteiger partial charge in [-0.3, -0.25) is 9.69 Å². The van der Waals surface area contributed by atoms with Crippen LogP contribution in [0.2, 0.25) is 0 Å². The van der Waals surface area contributed by atoms with Gasteiger partial charge in [0.25, 0.3) is 0 Å². The fourth-order valence-corrected chi connectivity index (χ4v) is 1.63. The minimum absolute atomic E-state index is 0.124. The summed E-state index contributed by atoms with van der Waals surface area (Å²) >= 11 is 0. The summed E-state index contributed by atoms with van der Waals surface area (Å²) in [6, 6.07) is 0. The van der Waals surface area contributed by atoms with Crippen LogP contribution in [0.15, 0.2) is 12.7 Å². The maximum absolute atomic E-state index is 11.5. The van der Waals surface area contributed by atoms with Gasteiger partial charge in [-0.15, -0.1) is 6.58 Å². The number of rotatable bonds is 5. The molecule has 0 unspecified atom stereocenters.